The Labute approximate surface area is 175 Å². The molecule has 2 aromatic heterocycles. The third-order valence-corrected chi connectivity index (χ3v) is 5.49. The van der Waals surface area contributed by atoms with Crippen LogP contribution in [0.1, 0.15) is 33.6 Å². The lowest BCUT2D eigenvalue weighted by Gasteiger charge is -2.32. The quantitative estimate of drug-likeness (QED) is 0.672. The largest absolute Gasteiger partial charge is 0.490 e. The van der Waals surface area contributed by atoms with Gasteiger partial charge in [-0.05, 0) is 25.1 Å². The number of aromatic nitrogens is 3. The molecule has 0 spiro atoms. The highest BCUT2D eigenvalue weighted by Gasteiger charge is 2.38. The second-order valence-corrected chi connectivity index (χ2v) is 8.08. The van der Waals surface area contributed by atoms with E-state index in [1.165, 1.54) is 11.1 Å². The van der Waals surface area contributed by atoms with Gasteiger partial charge in [0.2, 0.25) is 0 Å². The fourth-order valence-corrected chi connectivity index (χ4v) is 4.03. The zero-order valence-corrected chi connectivity index (χ0v) is 17.2. The monoisotopic (exact) mass is 438 g/mol. The Balaban J connectivity index is 0.000000318. The Morgan fingerprint density at radius 2 is 2.03 bits per heavy atom. The number of fused-ring (bicyclic) bond motifs is 1. The van der Waals surface area contributed by atoms with Crippen LogP contribution in [-0.4, -0.2) is 50.3 Å². The highest BCUT2D eigenvalue weighted by molar-refractivity contribution is 7.09. The fraction of sp³-hybridized carbons (Fsp3) is 0.350. The molecule has 0 aliphatic carbocycles. The molecule has 1 aliphatic heterocycles. The second kappa shape index (κ2) is 8.97. The van der Waals surface area contributed by atoms with E-state index in [9.17, 15) is 13.2 Å². The van der Waals surface area contributed by atoms with E-state index in [4.69, 9.17) is 9.90 Å². The van der Waals surface area contributed by atoms with Crippen molar-refractivity contribution in [2.45, 2.75) is 32.1 Å². The highest BCUT2D eigenvalue weighted by atomic mass is 32.1. The number of nitrogens with zero attached hydrogens (tertiary/aromatic N) is 4. The van der Waals surface area contributed by atoms with Crippen molar-refractivity contribution >= 4 is 17.3 Å². The number of carboxylic acids is 1. The van der Waals surface area contributed by atoms with Crippen molar-refractivity contribution in [1.82, 2.24) is 19.4 Å². The molecule has 3 aromatic rings. The number of thiazole rings is 1. The van der Waals surface area contributed by atoms with Gasteiger partial charge < -0.3 is 14.6 Å². The average Bonchev–Trinajstić information content (AvgIpc) is 3.30. The third-order valence-electron chi connectivity index (χ3n) is 4.67. The van der Waals surface area contributed by atoms with Crippen LogP contribution in [0.25, 0.3) is 0 Å². The van der Waals surface area contributed by atoms with Crippen molar-refractivity contribution in [3.63, 3.8) is 0 Å². The number of aryl methyl sites for hydroxylation is 1. The summed E-state index contributed by atoms with van der Waals surface area (Å²) in [5, 5.41) is 10.4. The van der Waals surface area contributed by atoms with Gasteiger partial charge in [-0.3, -0.25) is 0 Å². The smallest absolute Gasteiger partial charge is 0.475 e. The maximum absolute atomic E-state index is 10.6. The van der Waals surface area contributed by atoms with Crippen LogP contribution in [0.15, 0.2) is 42.0 Å². The first-order valence-corrected chi connectivity index (χ1v) is 10.0. The average molecular weight is 438 g/mol. The molecule has 160 valence electrons. The standard InChI is InChI=1S/C18H20N4S.C2HF3O2/c1-13-20-15(12-23-13)10-22-8-7-19-18(22)17-11-21(2)9-14-5-3-4-6-16(14)17;3-2(4,5)1(6)7/h3-8,12,17H,9-11H2,1-2H3;(H,6,7). The van der Waals surface area contributed by atoms with Crippen molar-refractivity contribution in [2.75, 3.05) is 13.6 Å². The van der Waals surface area contributed by atoms with Crippen molar-refractivity contribution in [3.8, 4) is 0 Å². The summed E-state index contributed by atoms with van der Waals surface area (Å²) in [6.45, 7) is 4.86. The molecule has 1 unspecified atom stereocenters. The summed E-state index contributed by atoms with van der Waals surface area (Å²) in [7, 11) is 2.18. The van der Waals surface area contributed by atoms with Gasteiger partial charge in [-0.2, -0.15) is 13.2 Å². The lowest BCUT2D eigenvalue weighted by atomic mass is 9.89. The topological polar surface area (TPSA) is 71.2 Å². The fourth-order valence-electron chi connectivity index (χ4n) is 3.42. The van der Waals surface area contributed by atoms with Crippen LogP contribution in [0.5, 0.6) is 0 Å². The summed E-state index contributed by atoms with van der Waals surface area (Å²) in [5.74, 6) is -1.30. The Bertz CT molecular complexity index is 1020. The van der Waals surface area contributed by atoms with Crippen molar-refractivity contribution in [1.29, 1.82) is 0 Å². The van der Waals surface area contributed by atoms with Crippen molar-refractivity contribution < 1.29 is 23.1 Å². The number of likely N-dealkylation sites (N-methyl/N-ethyl adjacent to an activating group) is 1. The molecule has 30 heavy (non-hydrogen) atoms. The first-order chi connectivity index (χ1) is 14.1. The molecule has 0 saturated carbocycles. The number of carbonyl (C=O) groups is 1. The molecule has 4 rings (SSSR count). The van der Waals surface area contributed by atoms with E-state index in [2.05, 4.69) is 69.2 Å². The van der Waals surface area contributed by atoms with E-state index in [1.54, 1.807) is 11.3 Å². The second-order valence-electron chi connectivity index (χ2n) is 7.02. The van der Waals surface area contributed by atoms with Crippen LogP contribution >= 0.6 is 11.3 Å². The number of halogens is 3. The van der Waals surface area contributed by atoms with E-state index in [0.29, 0.717) is 5.92 Å². The number of hydrogen-bond acceptors (Lipinski definition) is 5. The molecule has 0 saturated heterocycles. The zero-order valence-electron chi connectivity index (χ0n) is 16.4. The van der Waals surface area contributed by atoms with E-state index < -0.39 is 12.1 Å². The molecule has 0 radical (unpaired) electrons. The molecule has 1 atom stereocenters. The number of aliphatic carboxylic acids is 1. The molecule has 0 fully saturated rings. The van der Waals surface area contributed by atoms with Gasteiger partial charge in [-0.15, -0.1) is 11.3 Å². The molecular formula is C20H21F3N4O2S. The summed E-state index contributed by atoms with van der Waals surface area (Å²) in [4.78, 5) is 20.5. The maximum atomic E-state index is 10.6. The normalized spacial score (nSPS) is 16.5. The van der Waals surface area contributed by atoms with Crippen LogP contribution in [-0.2, 0) is 17.9 Å². The predicted molar refractivity (Wildman–Crippen MR) is 106 cm³/mol. The van der Waals surface area contributed by atoms with E-state index in [-0.39, 0.29) is 0 Å². The Morgan fingerprint density at radius 1 is 1.33 bits per heavy atom. The third kappa shape index (κ3) is 5.25. The first kappa shape index (κ1) is 22.0. The SMILES string of the molecule is Cc1nc(Cn2ccnc2C2CN(C)Cc3ccccc32)cs1.O=C(O)C(F)(F)F. The van der Waals surface area contributed by atoms with Gasteiger partial charge in [0.15, 0.2) is 0 Å². The molecule has 0 bridgehead atoms. The minimum atomic E-state index is -5.08. The predicted octanol–water partition coefficient (Wildman–Crippen LogP) is 3.91. The lowest BCUT2D eigenvalue weighted by molar-refractivity contribution is -0.192. The van der Waals surface area contributed by atoms with E-state index >= 15 is 0 Å². The van der Waals surface area contributed by atoms with Gasteiger partial charge in [-0.1, -0.05) is 24.3 Å². The van der Waals surface area contributed by atoms with Crippen LogP contribution in [0.4, 0.5) is 13.2 Å². The molecular weight excluding hydrogens is 417 g/mol. The summed E-state index contributed by atoms with van der Waals surface area (Å²) in [5.41, 5.74) is 3.93. The van der Waals surface area contributed by atoms with Crippen molar-refractivity contribution in [2.24, 2.45) is 0 Å². The van der Waals surface area contributed by atoms with Gasteiger partial charge in [0.25, 0.3) is 0 Å². The van der Waals surface area contributed by atoms with Gasteiger partial charge in [0.05, 0.1) is 23.2 Å². The molecule has 1 aliphatic rings. The minimum Gasteiger partial charge on any atom is -0.475 e. The van der Waals surface area contributed by atoms with Crippen LogP contribution in [0.2, 0.25) is 0 Å². The summed E-state index contributed by atoms with van der Waals surface area (Å²) in [6, 6.07) is 8.74. The molecule has 6 nitrogen and oxygen atoms in total. The van der Waals surface area contributed by atoms with E-state index in [1.807, 2.05) is 6.20 Å². The maximum Gasteiger partial charge on any atom is 0.490 e. The highest BCUT2D eigenvalue weighted by Crippen LogP contribution is 2.32. The molecule has 10 heteroatoms. The number of alkyl halides is 3. The summed E-state index contributed by atoms with van der Waals surface area (Å²) < 4.78 is 34.0. The van der Waals surface area contributed by atoms with Crippen LogP contribution < -0.4 is 0 Å². The molecule has 0 amide bonds. The molecule has 1 N–H and O–H groups in total. The Hall–Kier alpha value is -2.72. The Morgan fingerprint density at radius 3 is 2.67 bits per heavy atom. The summed E-state index contributed by atoms with van der Waals surface area (Å²) in [6.07, 6.45) is -1.10. The first-order valence-electron chi connectivity index (χ1n) is 9.13. The molecule has 1 aromatic carbocycles. The zero-order chi connectivity index (χ0) is 21.9. The molecule has 3 heterocycles. The summed E-state index contributed by atoms with van der Waals surface area (Å²) >= 11 is 1.70. The number of benzene rings is 1. The van der Waals surface area contributed by atoms with Crippen molar-refractivity contribution in [3.05, 3.63) is 69.7 Å². The number of rotatable bonds is 3. The lowest BCUT2D eigenvalue weighted by Crippen LogP contribution is -2.32. The minimum absolute atomic E-state index is 0.319. The van der Waals surface area contributed by atoms with Gasteiger partial charge >= 0.3 is 12.1 Å². The number of imidazole rings is 1. The van der Waals surface area contributed by atoms with E-state index in [0.717, 1.165) is 36.2 Å². The Kier molecular flexibility index (Phi) is 6.57. The van der Waals surface area contributed by atoms with Crippen LogP contribution in [0.3, 0.4) is 0 Å². The van der Waals surface area contributed by atoms with Crippen LogP contribution in [0, 0.1) is 6.92 Å². The van der Waals surface area contributed by atoms with Gasteiger partial charge in [0, 0.05) is 30.9 Å². The number of carboxylic acid groups (broad SMARTS) is 1. The van der Waals surface area contributed by atoms with Gasteiger partial charge in [0.1, 0.15) is 5.82 Å². The van der Waals surface area contributed by atoms with Gasteiger partial charge in [-0.25, -0.2) is 14.8 Å². The number of hydrogen-bond donors (Lipinski definition) is 1.